The third-order valence-electron chi connectivity index (χ3n) is 3.72. The fraction of sp³-hybridized carbons (Fsp3) is 0.917. The quantitative estimate of drug-likeness (QED) is 0.635. The van der Waals surface area contributed by atoms with E-state index in [1.165, 1.54) is 38.5 Å². The molecule has 2 aliphatic rings. The zero-order chi connectivity index (χ0) is 9.97. The lowest BCUT2D eigenvalue weighted by Crippen LogP contribution is -2.08. The lowest BCUT2D eigenvalue weighted by Gasteiger charge is -2.04. The Hall–Kier alpha value is -0.530. The molecular weight excluding hydrogens is 176 g/mol. The monoisotopic (exact) mass is 196 g/mol. The average molecular weight is 196 g/mol. The van der Waals surface area contributed by atoms with E-state index >= 15 is 0 Å². The van der Waals surface area contributed by atoms with Crippen LogP contribution in [0.4, 0.5) is 0 Å². The summed E-state index contributed by atoms with van der Waals surface area (Å²) in [5.74, 6) is 1.70. The maximum atomic E-state index is 11.6. The maximum Gasteiger partial charge on any atom is 0.309 e. The molecule has 1 unspecified atom stereocenters. The van der Waals surface area contributed by atoms with Gasteiger partial charge in [0.2, 0.25) is 0 Å². The summed E-state index contributed by atoms with van der Waals surface area (Å²) in [5.41, 5.74) is 0. The number of hydrogen-bond acceptors (Lipinski definition) is 2. The first kappa shape index (κ1) is 10.0. The van der Waals surface area contributed by atoms with Crippen molar-refractivity contribution in [2.45, 2.75) is 45.4 Å². The van der Waals surface area contributed by atoms with Crippen molar-refractivity contribution in [3.8, 4) is 0 Å². The number of carbonyl (C=O) groups is 1. The molecule has 0 aliphatic heterocycles. The van der Waals surface area contributed by atoms with Crippen molar-refractivity contribution in [1.29, 1.82) is 0 Å². The molecule has 2 nitrogen and oxygen atoms in total. The zero-order valence-electron chi connectivity index (χ0n) is 9.00. The Morgan fingerprint density at radius 3 is 2.21 bits per heavy atom. The summed E-state index contributed by atoms with van der Waals surface area (Å²) in [4.78, 5) is 11.6. The number of rotatable bonds is 2. The predicted octanol–water partition coefficient (Wildman–Crippen LogP) is 2.77. The molecule has 0 bridgehead atoms. The van der Waals surface area contributed by atoms with Gasteiger partial charge in [0, 0.05) is 0 Å². The molecule has 0 radical (unpaired) electrons. The second-order valence-electron chi connectivity index (χ2n) is 4.60. The molecule has 2 aliphatic carbocycles. The molecule has 0 amide bonds. The summed E-state index contributed by atoms with van der Waals surface area (Å²) >= 11 is 0. The number of ether oxygens (including phenoxy) is 1. The minimum atomic E-state index is 0.0735. The Balaban J connectivity index is 1.87. The van der Waals surface area contributed by atoms with E-state index in [2.05, 4.69) is 0 Å². The molecule has 14 heavy (non-hydrogen) atoms. The van der Waals surface area contributed by atoms with Gasteiger partial charge in [0.15, 0.2) is 0 Å². The molecule has 0 N–H and O–H groups in total. The Bertz CT molecular complexity index is 198. The van der Waals surface area contributed by atoms with Crippen LogP contribution in [-0.4, -0.2) is 12.6 Å². The first-order chi connectivity index (χ1) is 6.84. The van der Waals surface area contributed by atoms with Gasteiger partial charge in [-0.15, -0.1) is 0 Å². The van der Waals surface area contributed by atoms with E-state index in [0.29, 0.717) is 18.4 Å². The van der Waals surface area contributed by atoms with Crippen molar-refractivity contribution < 1.29 is 9.53 Å². The minimum absolute atomic E-state index is 0.0735. The second-order valence-corrected chi connectivity index (χ2v) is 4.60. The van der Waals surface area contributed by atoms with E-state index in [1.807, 2.05) is 6.92 Å². The van der Waals surface area contributed by atoms with Crippen molar-refractivity contribution in [3.05, 3.63) is 0 Å². The first-order valence-electron chi connectivity index (χ1n) is 6.01. The fourth-order valence-electron chi connectivity index (χ4n) is 2.93. The summed E-state index contributed by atoms with van der Waals surface area (Å²) in [6, 6.07) is 0. The molecule has 0 aromatic rings. The summed E-state index contributed by atoms with van der Waals surface area (Å²) in [6.45, 7) is 2.43. The molecule has 0 aromatic heterocycles. The number of carbonyl (C=O) groups excluding carboxylic acids is 1. The highest BCUT2D eigenvalue weighted by molar-refractivity contribution is 5.76. The van der Waals surface area contributed by atoms with Gasteiger partial charge >= 0.3 is 5.97 Å². The average Bonchev–Trinajstić information content (AvgIpc) is 2.77. The van der Waals surface area contributed by atoms with E-state index in [1.54, 1.807) is 0 Å². The predicted molar refractivity (Wildman–Crippen MR) is 54.8 cm³/mol. The smallest absolute Gasteiger partial charge is 0.309 e. The van der Waals surface area contributed by atoms with Crippen LogP contribution in [0.5, 0.6) is 0 Å². The Morgan fingerprint density at radius 1 is 1.14 bits per heavy atom. The Morgan fingerprint density at radius 2 is 1.71 bits per heavy atom. The molecule has 80 valence electrons. The topological polar surface area (TPSA) is 26.3 Å². The van der Waals surface area contributed by atoms with Crippen molar-refractivity contribution in [1.82, 2.24) is 0 Å². The normalized spacial score (nSPS) is 36.5. The van der Waals surface area contributed by atoms with E-state index in [0.717, 1.165) is 0 Å². The van der Waals surface area contributed by atoms with Crippen LogP contribution in [0.15, 0.2) is 0 Å². The molecule has 0 saturated heterocycles. The van der Waals surface area contributed by atoms with Gasteiger partial charge in [-0.1, -0.05) is 25.7 Å². The van der Waals surface area contributed by atoms with Gasteiger partial charge in [-0.3, -0.25) is 4.79 Å². The van der Waals surface area contributed by atoms with Gasteiger partial charge in [0.1, 0.15) is 0 Å². The molecule has 2 saturated carbocycles. The summed E-state index contributed by atoms with van der Waals surface area (Å²) < 4.78 is 5.10. The van der Waals surface area contributed by atoms with Crippen molar-refractivity contribution in [2.75, 3.05) is 6.61 Å². The van der Waals surface area contributed by atoms with Crippen LogP contribution in [0.3, 0.4) is 0 Å². The van der Waals surface area contributed by atoms with Crippen LogP contribution in [0, 0.1) is 17.8 Å². The summed E-state index contributed by atoms with van der Waals surface area (Å²) in [7, 11) is 0. The fourth-order valence-corrected chi connectivity index (χ4v) is 2.93. The molecule has 2 rings (SSSR count). The molecular formula is C12H20O2. The van der Waals surface area contributed by atoms with E-state index in [-0.39, 0.29) is 11.9 Å². The highest BCUT2D eigenvalue weighted by Crippen LogP contribution is 2.53. The minimum Gasteiger partial charge on any atom is -0.466 e. The molecule has 0 heterocycles. The molecule has 3 atom stereocenters. The number of fused-ring (bicyclic) bond motifs is 1. The largest absolute Gasteiger partial charge is 0.466 e. The standard InChI is InChI=1S/C12H20O2/c1-2-14-12(13)11-9-7-5-3-4-6-8-10(9)11/h9-11H,2-8H2,1H3/t9-,10+,11?. The van der Waals surface area contributed by atoms with Crippen LogP contribution in [0.2, 0.25) is 0 Å². The van der Waals surface area contributed by atoms with Crippen molar-refractivity contribution >= 4 is 5.97 Å². The van der Waals surface area contributed by atoms with Crippen molar-refractivity contribution in [2.24, 2.45) is 17.8 Å². The van der Waals surface area contributed by atoms with E-state index < -0.39 is 0 Å². The van der Waals surface area contributed by atoms with Crippen LogP contribution < -0.4 is 0 Å². The third-order valence-corrected chi connectivity index (χ3v) is 3.72. The lowest BCUT2D eigenvalue weighted by molar-refractivity contribution is -0.145. The van der Waals surface area contributed by atoms with Crippen LogP contribution in [0.1, 0.15) is 45.4 Å². The van der Waals surface area contributed by atoms with E-state index in [9.17, 15) is 4.79 Å². The number of hydrogen-bond donors (Lipinski definition) is 0. The summed E-state index contributed by atoms with van der Waals surface area (Å²) in [6.07, 6.45) is 7.87. The molecule has 0 spiro atoms. The van der Waals surface area contributed by atoms with Crippen LogP contribution in [0.25, 0.3) is 0 Å². The van der Waals surface area contributed by atoms with Crippen LogP contribution >= 0.6 is 0 Å². The number of esters is 1. The zero-order valence-corrected chi connectivity index (χ0v) is 9.00. The van der Waals surface area contributed by atoms with Crippen LogP contribution in [-0.2, 0) is 9.53 Å². The van der Waals surface area contributed by atoms with Gasteiger partial charge in [0.05, 0.1) is 12.5 Å². The first-order valence-corrected chi connectivity index (χ1v) is 6.01. The highest BCUT2D eigenvalue weighted by atomic mass is 16.5. The summed E-state index contributed by atoms with van der Waals surface area (Å²) in [5, 5.41) is 0. The second kappa shape index (κ2) is 4.33. The Labute approximate surface area is 86.0 Å². The molecule has 2 heteroatoms. The molecule has 2 fully saturated rings. The van der Waals surface area contributed by atoms with Gasteiger partial charge < -0.3 is 4.74 Å². The molecule has 0 aromatic carbocycles. The van der Waals surface area contributed by atoms with Gasteiger partial charge in [-0.25, -0.2) is 0 Å². The van der Waals surface area contributed by atoms with Gasteiger partial charge in [-0.05, 0) is 31.6 Å². The lowest BCUT2D eigenvalue weighted by atomic mass is 10.0. The SMILES string of the molecule is CCOC(=O)C1[C@H]2CCCCCC[C@@H]12. The van der Waals surface area contributed by atoms with Crippen molar-refractivity contribution in [3.63, 3.8) is 0 Å². The van der Waals surface area contributed by atoms with E-state index in [4.69, 9.17) is 4.74 Å². The Kier molecular flexibility index (Phi) is 3.09. The third kappa shape index (κ3) is 1.94. The highest BCUT2D eigenvalue weighted by Gasteiger charge is 2.54. The maximum absolute atomic E-state index is 11.6. The van der Waals surface area contributed by atoms with Gasteiger partial charge in [-0.2, -0.15) is 0 Å². The van der Waals surface area contributed by atoms with Gasteiger partial charge in [0.25, 0.3) is 0 Å².